The van der Waals surface area contributed by atoms with E-state index in [2.05, 4.69) is 22.1 Å². The van der Waals surface area contributed by atoms with Gasteiger partial charge < -0.3 is 10.3 Å². The van der Waals surface area contributed by atoms with Crippen LogP contribution < -0.4 is 5.32 Å². The van der Waals surface area contributed by atoms with Crippen LogP contribution in [0, 0.1) is 11.8 Å². The molecule has 18 heavy (non-hydrogen) atoms. The van der Waals surface area contributed by atoms with Crippen molar-refractivity contribution in [2.24, 2.45) is 0 Å². The molecule has 0 saturated heterocycles. The lowest BCUT2D eigenvalue weighted by Crippen LogP contribution is -2.20. The number of aromatic amines is 1. The first-order chi connectivity index (χ1) is 8.66. The van der Waals surface area contributed by atoms with E-state index in [0.717, 1.165) is 16.5 Å². The number of aromatic nitrogens is 1. The molecule has 0 aliphatic carbocycles. The van der Waals surface area contributed by atoms with Gasteiger partial charge in [-0.25, -0.2) is 0 Å². The number of benzene rings is 1. The largest absolute Gasteiger partial charge is 0.361 e. The Bertz CT molecular complexity index is 634. The summed E-state index contributed by atoms with van der Waals surface area (Å²) in [4.78, 5) is 13.8. The number of rotatable bonds is 2. The Balaban J connectivity index is 2.09. The van der Waals surface area contributed by atoms with Gasteiger partial charge in [-0.2, -0.15) is 0 Å². The van der Waals surface area contributed by atoms with Crippen LogP contribution in [0.15, 0.2) is 24.4 Å². The van der Waals surface area contributed by atoms with Crippen molar-refractivity contribution >= 4 is 28.4 Å². The fourth-order valence-electron chi connectivity index (χ4n) is 1.63. The van der Waals surface area contributed by atoms with E-state index in [4.69, 9.17) is 11.6 Å². The molecule has 1 amide bonds. The number of hydrogen-bond donors (Lipinski definition) is 2. The van der Waals surface area contributed by atoms with Crippen molar-refractivity contribution in [2.75, 3.05) is 6.54 Å². The third-order valence-corrected chi connectivity index (χ3v) is 2.80. The van der Waals surface area contributed by atoms with E-state index in [9.17, 15) is 4.79 Å². The molecule has 1 aromatic carbocycles. The third kappa shape index (κ3) is 3.06. The third-order valence-electron chi connectivity index (χ3n) is 2.49. The van der Waals surface area contributed by atoms with Gasteiger partial charge in [0.1, 0.15) is 0 Å². The molecule has 1 aromatic heterocycles. The fraction of sp³-hybridized carbons (Fsp3) is 0.214. The van der Waals surface area contributed by atoms with E-state index in [1.54, 1.807) is 0 Å². The van der Waals surface area contributed by atoms with E-state index in [1.807, 2.05) is 24.4 Å². The molecular formula is C14H13ClN2O. The summed E-state index contributed by atoms with van der Waals surface area (Å²) in [6, 6.07) is 5.81. The van der Waals surface area contributed by atoms with Gasteiger partial charge in [-0.05, 0) is 18.2 Å². The van der Waals surface area contributed by atoms with E-state index in [-0.39, 0.29) is 5.91 Å². The number of hydrogen-bond acceptors (Lipinski definition) is 1. The molecule has 0 aliphatic rings. The normalized spacial score (nSPS) is 9.89. The van der Waals surface area contributed by atoms with Crippen molar-refractivity contribution in [3.8, 4) is 11.8 Å². The molecule has 1 heterocycles. The summed E-state index contributed by atoms with van der Waals surface area (Å²) < 4.78 is 0. The van der Waals surface area contributed by atoms with Crippen LogP contribution in [-0.2, 0) is 4.79 Å². The first-order valence-electron chi connectivity index (χ1n) is 5.67. The average Bonchev–Trinajstić information content (AvgIpc) is 2.75. The van der Waals surface area contributed by atoms with Gasteiger partial charge in [0.05, 0.1) is 5.02 Å². The fourth-order valence-corrected chi connectivity index (χ4v) is 1.84. The lowest BCUT2D eigenvalue weighted by Gasteiger charge is -1.97. The topological polar surface area (TPSA) is 44.9 Å². The maximum atomic E-state index is 10.7. The zero-order valence-electron chi connectivity index (χ0n) is 10.0. The van der Waals surface area contributed by atoms with E-state index >= 15 is 0 Å². The van der Waals surface area contributed by atoms with E-state index < -0.39 is 0 Å². The summed E-state index contributed by atoms with van der Waals surface area (Å²) >= 11 is 6.13. The molecule has 0 fully saturated rings. The maximum Gasteiger partial charge on any atom is 0.216 e. The second kappa shape index (κ2) is 5.61. The molecule has 2 N–H and O–H groups in total. The lowest BCUT2D eigenvalue weighted by molar-refractivity contribution is -0.118. The van der Waals surface area contributed by atoms with Crippen LogP contribution >= 0.6 is 11.6 Å². The highest BCUT2D eigenvalue weighted by atomic mass is 35.5. The zero-order valence-corrected chi connectivity index (χ0v) is 10.8. The van der Waals surface area contributed by atoms with Crippen LogP contribution in [0.1, 0.15) is 18.9 Å². The number of amides is 1. The van der Waals surface area contributed by atoms with Gasteiger partial charge in [-0.15, -0.1) is 0 Å². The first kappa shape index (κ1) is 12.5. The summed E-state index contributed by atoms with van der Waals surface area (Å²) in [5.74, 6) is 5.98. The Hall–Kier alpha value is -1.92. The van der Waals surface area contributed by atoms with Crippen LogP contribution in [0.2, 0.25) is 5.02 Å². The minimum Gasteiger partial charge on any atom is -0.361 e. The molecule has 2 aromatic rings. The molecule has 92 valence electrons. The number of fused-ring (bicyclic) bond motifs is 1. The molecule has 0 saturated carbocycles. The number of carbonyl (C=O) groups is 1. The minimum atomic E-state index is -0.0384. The van der Waals surface area contributed by atoms with Crippen molar-refractivity contribution in [3.05, 3.63) is 35.0 Å². The van der Waals surface area contributed by atoms with Crippen molar-refractivity contribution in [1.29, 1.82) is 0 Å². The van der Waals surface area contributed by atoms with Crippen LogP contribution in [0.3, 0.4) is 0 Å². The van der Waals surface area contributed by atoms with Crippen molar-refractivity contribution in [2.45, 2.75) is 13.3 Å². The summed E-state index contributed by atoms with van der Waals surface area (Å²) in [7, 11) is 0. The molecule has 4 heteroatoms. The van der Waals surface area contributed by atoms with Crippen LogP contribution in [-0.4, -0.2) is 17.4 Å². The van der Waals surface area contributed by atoms with Crippen LogP contribution in [0.5, 0.6) is 0 Å². The molecular weight excluding hydrogens is 248 g/mol. The Labute approximate surface area is 111 Å². The molecule has 0 radical (unpaired) electrons. The average molecular weight is 261 g/mol. The smallest absolute Gasteiger partial charge is 0.216 e. The summed E-state index contributed by atoms with van der Waals surface area (Å²) in [6.45, 7) is 2.05. The van der Waals surface area contributed by atoms with E-state index in [0.29, 0.717) is 18.0 Å². The number of carbonyl (C=O) groups excluding carboxylic acids is 1. The van der Waals surface area contributed by atoms with Gasteiger partial charge >= 0.3 is 0 Å². The van der Waals surface area contributed by atoms with Gasteiger partial charge in [0.15, 0.2) is 0 Å². The van der Waals surface area contributed by atoms with Gasteiger partial charge in [0.2, 0.25) is 5.91 Å². The first-order valence-corrected chi connectivity index (χ1v) is 6.04. The van der Waals surface area contributed by atoms with E-state index in [1.165, 1.54) is 6.92 Å². The molecule has 3 nitrogen and oxygen atoms in total. The molecule has 0 bridgehead atoms. The van der Waals surface area contributed by atoms with Crippen LogP contribution in [0.4, 0.5) is 0 Å². The molecule has 0 unspecified atom stereocenters. The summed E-state index contributed by atoms with van der Waals surface area (Å²) in [6.07, 6.45) is 2.48. The molecule has 0 atom stereocenters. The van der Waals surface area contributed by atoms with Gasteiger partial charge in [-0.1, -0.05) is 23.4 Å². The summed E-state index contributed by atoms with van der Waals surface area (Å²) in [5.41, 5.74) is 1.82. The monoisotopic (exact) mass is 260 g/mol. The van der Waals surface area contributed by atoms with Gasteiger partial charge in [0, 0.05) is 42.6 Å². The molecule has 0 spiro atoms. The van der Waals surface area contributed by atoms with Crippen molar-refractivity contribution < 1.29 is 4.79 Å². The number of nitrogens with one attached hydrogen (secondary N) is 2. The highest BCUT2D eigenvalue weighted by Gasteiger charge is 2.01. The minimum absolute atomic E-state index is 0.0384. The Morgan fingerprint density at radius 1 is 1.50 bits per heavy atom. The predicted octanol–water partition coefficient (Wildman–Crippen LogP) is 2.70. The Morgan fingerprint density at radius 3 is 3.11 bits per heavy atom. The standard InChI is InChI=1S/C14H13ClN2O/c1-10(18)16-6-3-2-4-11-8-12-5-7-17-14(12)9-13(11)15/h5,7-9,17H,3,6H2,1H3,(H,16,18). The van der Waals surface area contributed by atoms with Crippen molar-refractivity contribution in [3.63, 3.8) is 0 Å². The second-order valence-corrected chi connectivity index (χ2v) is 4.34. The number of H-pyrrole nitrogens is 1. The predicted molar refractivity (Wildman–Crippen MR) is 73.5 cm³/mol. The SMILES string of the molecule is CC(=O)NCCC#Cc1cc2cc[nH]c2cc1Cl. The molecule has 0 aliphatic heterocycles. The van der Waals surface area contributed by atoms with Crippen molar-refractivity contribution in [1.82, 2.24) is 10.3 Å². The summed E-state index contributed by atoms with van der Waals surface area (Å²) in [5, 5.41) is 4.42. The zero-order chi connectivity index (χ0) is 13.0. The van der Waals surface area contributed by atoms with Gasteiger partial charge in [-0.3, -0.25) is 4.79 Å². The number of halogens is 1. The lowest BCUT2D eigenvalue weighted by atomic mass is 10.1. The van der Waals surface area contributed by atoms with Crippen LogP contribution in [0.25, 0.3) is 10.9 Å². The maximum absolute atomic E-state index is 10.7. The highest BCUT2D eigenvalue weighted by Crippen LogP contribution is 2.22. The molecule has 2 rings (SSSR count). The second-order valence-electron chi connectivity index (χ2n) is 3.93. The van der Waals surface area contributed by atoms with Gasteiger partial charge in [0.25, 0.3) is 0 Å². The quantitative estimate of drug-likeness (QED) is 0.633. The Kier molecular flexibility index (Phi) is 3.91. The highest BCUT2D eigenvalue weighted by molar-refractivity contribution is 6.32. The Morgan fingerprint density at radius 2 is 2.33 bits per heavy atom.